The van der Waals surface area contributed by atoms with Gasteiger partial charge in [0.25, 0.3) is 0 Å². The van der Waals surface area contributed by atoms with Crippen molar-refractivity contribution in [3.63, 3.8) is 0 Å². The Morgan fingerprint density at radius 1 is 1.56 bits per heavy atom. The van der Waals surface area contributed by atoms with E-state index in [-0.39, 0.29) is 0 Å². The molecule has 0 aliphatic carbocycles. The van der Waals surface area contributed by atoms with E-state index in [9.17, 15) is 8.42 Å². The van der Waals surface area contributed by atoms with E-state index in [0.717, 1.165) is 9.54 Å². The minimum Gasteiger partial charge on any atom is -0.255 e. The lowest BCUT2D eigenvalue weighted by Gasteiger charge is -1.82. The van der Waals surface area contributed by atoms with E-state index >= 15 is 0 Å². The SMILES string of the molecule is Cc1ccn([SH](=O)=O)c1. The molecule has 0 aromatic carbocycles. The average molecular weight is 145 g/mol. The van der Waals surface area contributed by atoms with Gasteiger partial charge in [-0.1, -0.05) is 0 Å². The number of hydrogen-bond donors (Lipinski definition) is 1. The minimum absolute atomic E-state index is 0.953. The molecule has 0 saturated carbocycles. The maximum absolute atomic E-state index is 10.2. The molecule has 1 heterocycles. The van der Waals surface area contributed by atoms with Crippen LogP contribution in [0.1, 0.15) is 5.56 Å². The summed E-state index contributed by atoms with van der Waals surface area (Å²) >= 11 is 0. The summed E-state index contributed by atoms with van der Waals surface area (Å²) in [6.07, 6.45) is 3.08. The van der Waals surface area contributed by atoms with Crippen molar-refractivity contribution in [2.75, 3.05) is 0 Å². The first kappa shape index (κ1) is 6.35. The number of hydrogen-bond acceptors (Lipinski definition) is 2. The summed E-state index contributed by atoms with van der Waals surface area (Å²) in [7, 11) is -2.46. The van der Waals surface area contributed by atoms with E-state index in [1.54, 1.807) is 12.3 Å². The molecule has 0 N–H and O–H groups in total. The Hall–Kier alpha value is -0.770. The zero-order chi connectivity index (χ0) is 6.85. The third kappa shape index (κ3) is 1.32. The van der Waals surface area contributed by atoms with Crippen LogP contribution in [0.5, 0.6) is 0 Å². The quantitative estimate of drug-likeness (QED) is 0.572. The van der Waals surface area contributed by atoms with Gasteiger partial charge in [0, 0.05) is 12.4 Å². The van der Waals surface area contributed by atoms with E-state index in [4.69, 9.17) is 0 Å². The van der Waals surface area contributed by atoms with Crippen LogP contribution in [0.25, 0.3) is 0 Å². The fourth-order valence-electron chi connectivity index (χ4n) is 0.590. The van der Waals surface area contributed by atoms with Crippen LogP contribution in [0.4, 0.5) is 0 Å². The van der Waals surface area contributed by atoms with Gasteiger partial charge < -0.3 is 0 Å². The van der Waals surface area contributed by atoms with Crippen LogP contribution in [-0.4, -0.2) is 12.4 Å². The van der Waals surface area contributed by atoms with Crippen LogP contribution >= 0.6 is 0 Å². The Morgan fingerprint density at radius 2 is 2.22 bits per heavy atom. The molecule has 0 radical (unpaired) electrons. The van der Waals surface area contributed by atoms with Crippen molar-refractivity contribution in [2.45, 2.75) is 6.92 Å². The van der Waals surface area contributed by atoms with Gasteiger partial charge in [-0.15, -0.1) is 0 Å². The number of thiol groups is 1. The first-order chi connectivity index (χ1) is 4.20. The van der Waals surface area contributed by atoms with E-state index in [2.05, 4.69) is 0 Å². The molecule has 1 aromatic heterocycles. The van der Waals surface area contributed by atoms with E-state index in [1.165, 1.54) is 6.20 Å². The van der Waals surface area contributed by atoms with Crippen molar-refractivity contribution in [3.05, 3.63) is 24.0 Å². The van der Waals surface area contributed by atoms with Crippen molar-refractivity contribution in [1.29, 1.82) is 0 Å². The highest BCUT2D eigenvalue weighted by atomic mass is 32.2. The maximum Gasteiger partial charge on any atom is 0.228 e. The Morgan fingerprint density at radius 3 is 2.44 bits per heavy atom. The second-order valence-electron chi connectivity index (χ2n) is 1.81. The summed E-state index contributed by atoms with van der Waals surface area (Å²) in [4.78, 5) is 0. The first-order valence-corrected chi connectivity index (χ1v) is 3.62. The van der Waals surface area contributed by atoms with Crippen LogP contribution in [0, 0.1) is 6.92 Å². The largest absolute Gasteiger partial charge is 0.255 e. The molecule has 1 aromatic rings. The zero-order valence-electron chi connectivity index (χ0n) is 4.94. The van der Waals surface area contributed by atoms with Gasteiger partial charge in [-0.3, -0.25) is 3.97 Å². The van der Waals surface area contributed by atoms with Gasteiger partial charge in [-0.25, -0.2) is 8.42 Å². The highest BCUT2D eigenvalue weighted by molar-refractivity contribution is 7.70. The minimum atomic E-state index is -2.46. The Balaban J connectivity index is 3.12. The topological polar surface area (TPSA) is 39.1 Å². The molecule has 9 heavy (non-hydrogen) atoms. The van der Waals surface area contributed by atoms with Crippen molar-refractivity contribution < 1.29 is 8.42 Å². The van der Waals surface area contributed by atoms with Crippen molar-refractivity contribution in [3.8, 4) is 0 Å². The highest BCUT2D eigenvalue weighted by Gasteiger charge is 1.89. The fourth-order valence-corrected chi connectivity index (χ4v) is 1.04. The Kier molecular flexibility index (Phi) is 1.57. The third-order valence-electron chi connectivity index (χ3n) is 1.01. The summed E-state index contributed by atoms with van der Waals surface area (Å²) in [6.45, 7) is 1.84. The number of rotatable bonds is 1. The van der Waals surface area contributed by atoms with Crippen LogP contribution in [0.2, 0.25) is 0 Å². The van der Waals surface area contributed by atoms with Gasteiger partial charge in [0.05, 0.1) is 0 Å². The zero-order valence-corrected chi connectivity index (χ0v) is 5.84. The molecule has 0 atom stereocenters. The van der Waals surface area contributed by atoms with Crippen LogP contribution in [0.3, 0.4) is 0 Å². The van der Waals surface area contributed by atoms with Crippen LogP contribution < -0.4 is 0 Å². The van der Waals surface area contributed by atoms with Gasteiger partial charge in [-0.2, -0.15) is 0 Å². The number of nitrogens with zero attached hydrogens (tertiary/aromatic N) is 1. The molecule has 0 aliphatic heterocycles. The molecule has 0 spiro atoms. The second-order valence-corrected chi connectivity index (χ2v) is 2.74. The van der Waals surface area contributed by atoms with Crippen molar-refractivity contribution >= 4 is 10.9 Å². The van der Waals surface area contributed by atoms with Gasteiger partial charge in [0.2, 0.25) is 10.9 Å². The first-order valence-electron chi connectivity index (χ1n) is 2.49. The molecule has 4 heteroatoms. The molecule has 0 bridgehead atoms. The predicted molar refractivity (Wildman–Crippen MR) is 34.9 cm³/mol. The van der Waals surface area contributed by atoms with E-state index in [1.807, 2.05) is 6.92 Å². The van der Waals surface area contributed by atoms with Gasteiger partial charge in [-0.05, 0) is 18.6 Å². The van der Waals surface area contributed by atoms with Gasteiger partial charge in [0.15, 0.2) is 0 Å². The van der Waals surface area contributed by atoms with Gasteiger partial charge in [0.1, 0.15) is 0 Å². The smallest absolute Gasteiger partial charge is 0.228 e. The molecule has 0 unspecified atom stereocenters. The van der Waals surface area contributed by atoms with Crippen LogP contribution in [0.15, 0.2) is 18.5 Å². The summed E-state index contributed by atoms with van der Waals surface area (Å²) in [5.74, 6) is 0. The lowest BCUT2D eigenvalue weighted by atomic mass is 10.4. The Bertz CT molecular complexity index is 266. The van der Waals surface area contributed by atoms with E-state index in [0.29, 0.717) is 0 Å². The maximum atomic E-state index is 10.2. The summed E-state index contributed by atoms with van der Waals surface area (Å²) in [6, 6.07) is 1.74. The fraction of sp³-hybridized carbons (Fsp3) is 0.200. The molecule has 3 nitrogen and oxygen atoms in total. The predicted octanol–water partition coefficient (Wildman–Crippen LogP) is 0.171. The summed E-state index contributed by atoms with van der Waals surface area (Å²) < 4.78 is 21.6. The van der Waals surface area contributed by atoms with Crippen molar-refractivity contribution in [1.82, 2.24) is 3.97 Å². The molecule has 0 saturated heterocycles. The molecule has 50 valence electrons. The number of aromatic nitrogens is 1. The molecular formula is C5H7NO2S. The standard InChI is InChI=1S/C5H7NO2S/c1-5-2-3-6(4-5)9(7)8/h2-4,9H,1H3. The van der Waals surface area contributed by atoms with Gasteiger partial charge >= 0.3 is 0 Å². The monoisotopic (exact) mass is 145 g/mol. The highest BCUT2D eigenvalue weighted by Crippen LogP contribution is 1.96. The summed E-state index contributed by atoms with van der Waals surface area (Å²) in [5, 5.41) is 0. The van der Waals surface area contributed by atoms with E-state index < -0.39 is 10.9 Å². The Labute approximate surface area is 55.0 Å². The average Bonchev–Trinajstić information content (AvgIpc) is 2.14. The molecular weight excluding hydrogens is 138 g/mol. The lowest BCUT2D eigenvalue weighted by molar-refractivity contribution is 0.607. The molecule has 1 rings (SSSR count). The normalized spacial score (nSPS) is 10.4. The molecule has 0 aliphatic rings. The van der Waals surface area contributed by atoms with Crippen molar-refractivity contribution in [2.24, 2.45) is 0 Å². The van der Waals surface area contributed by atoms with Crippen LogP contribution in [-0.2, 0) is 10.9 Å². The molecule has 0 fully saturated rings. The summed E-state index contributed by atoms with van der Waals surface area (Å²) in [5.41, 5.74) is 0.953. The molecule has 0 amide bonds. The lowest BCUT2D eigenvalue weighted by Crippen LogP contribution is -1.88. The number of aryl methyl sites for hydroxylation is 1. The second kappa shape index (κ2) is 2.23. The third-order valence-corrected chi connectivity index (χ3v) is 1.64.